The molecule has 3 atom stereocenters. The van der Waals surface area contributed by atoms with Gasteiger partial charge in [0.15, 0.2) is 0 Å². The van der Waals surface area contributed by atoms with Crippen LogP contribution in [0.15, 0.2) is 0 Å². The van der Waals surface area contributed by atoms with E-state index in [0.29, 0.717) is 17.9 Å². The first-order chi connectivity index (χ1) is 7.83. The highest BCUT2D eigenvalue weighted by molar-refractivity contribution is 5.79. The lowest BCUT2D eigenvalue weighted by atomic mass is 10.0. The third kappa shape index (κ3) is 2.24. The summed E-state index contributed by atoms with van der Waals surface area (Å²) in [6.45, 7) is 2.02. The molecular formula is C13H22N2O. The number of carbonyl (C=O) groups excluding carboxylic acids is 1. The highest BCUT2D eigenvalue weighted by atomic mass is 16.1. The van der Waals surface area contributed by atoms with E-state index in [1.165, 1.54) is 19.3 Å². The van der Waals surface area contributed by atoms with Crippen LogP contribution in [-0.2, 0) is 4.79 Å². The molecule has 3 fully saturated rings. The smallest absolute Gasteiger partial charge is 0.223 e. The molecule has 1 aliphatic heterocycles. The molecule has 0 aromatic rings. The van der Waals surface area contributed by atoms with Gasteiger partial charge >= 0.3 is 0 Å². The van der Waals surface area contributed by atoms with Crippen molar-refractivity contribution in [2.24, 2.45) is 17.8 Å². The Morgan fingerprint density at radius 2 is 2.06 bits per heavy atom. The molecule has 2 saturated carbocycles. The molecule has 90 valence electrons. The van der Waals surface area contributed by atoms with Gasteiger partial charge in [0.2, 0.25) is 5.91 Å². The number of rotatable bonds is 4. The van der Waals surface area contributed by atoms with Crippen LogP contribution in [0.5, 0.6) is 0 Å². The molecule has 0 aromatic carbocycles. The quantitative estimate of drug-likeness (QED) is 0.752. The Kier molecular flexibility index (Phi) is 2.88. The van der Waals surface area contributed by atoms with Crippen LogP contribution in [0, 0.1) is 17.8 Å². The number of carbonyl (C=O) groups is 1. The summed E-state index contributed by atoms with van der Waals surface area (Å²) in [6, 6.07) is 0.650. The number of amides is 1. The number of nitrogens with one attached hydrogen (secondary N) is 2. The predicted octanol–water partition coefficient (Wildman–Crippen LogP) is 1.29. The Balaban J connectivity index is 1.33. The van der Waals surface area contributed by atoms with Crippen LogP contribution in [0.3, 0.4) is 0 Å². The number of hydrogen-bond donors (Lipinski definition) is 2. The fourth-order valence-corrected chi connectivity index (χ4v) is 3.45. The maximum atomic E-state index is 11.9. The monoisotopic (exact) mass is 222 g/mol. The first-order valence-electron chi connectivity index (χ1n) is 6.84. The molecule has 1 amide bonds. The maximum absolute atomic E-state index is 11.9. The van der Waals surface area contributed by atoms with E-state index in [2.05, 4.69) is 10.6 Å². The molecule has 1 heterocycles. The summed E-state index contributed by atoms with van der Waals surface area (Å²) in [5, 5.41) is 6.58. The minimum Gasteiger partial charge on any atom is -0.356 e. The Morgan fingerprint density at radius 3 is 2.75 bits per heavy atom. The molecule has 2 N–H and O–H groups in total. The highest BCUT2D eigenvalue weighted by Crippen LogP contribution is 2.54. The van der Waals surface area contributed by atoms with Gasteiger partial charge in [0.25, 0.3) is 0 Å². The zero-order valence-corrected chi connectivity index (χ0v) is 9.87. The van der Waals surface area contributed by atoms with Gasteiger partial charge in [-0.15, -0.1) is 0 Å². The summed E-state index contributed by atoms with van der Waals surface area (Å²) in [5.74, 6) is 2.49. The Morgan fingerprint density at radius 1 is 1.25 bits per heavy atom. The van der Waals surface area contributed by atoms with Crippen molar-refractivity contribution in [1.82, 2.24) is 10.6 Å². The molecule has 0 bridgehead atoms. The highest BCUT2D eigenvalue weighted by Gasteiger charge is 2.47. The van der Waals surface area contributed by atoms with Gasteiger partial charge in [0.05, 0.1) is 0 Å². The van der Waals surface area contributed by atoms with Crippen molar-refractivity contribution in [3.8, 4) is 0 Å². The third-order valence-corrected chi connectivity index (χ3v) is 4.57. The van der Waals surface area contributed by atoms with Crippen LogP contribution in [0.25, 0.3) is 0 Å². The van der Waals surface area contributed by atoms with E-state index < -0.39 is 0 Å². The van der Waals surface area contributed by atoms with E-state index in [0.717, 1.165) is 44.2 Å². The molecule has 16 heavy (non-hydrogen) atoms. The minimum absolute atomic E-state index is 0.324. The van der Waals surface area contributed by atoms with Crippen molar-refractivity contribution in [2.45, 2.75) is 44.6 Å². The molecule has 2 aliphatic carbocycles. The second-order valence-corrected chi connectivity index (χ2v) is 5.80. The average molecular weight is 222 g/mol. The molecule has 0 radical (unpaired) electrons. The molecule has 0 spiro atoms. The van der Waals surface area contributed by atoms with Crippen LogP contribution in [0.2, 0.25) is 0 Å². The summed E-state index contributed by atoms with van der Waals surface area (Å²) in [4.78, 5) is 11.9. The van der Waals surface area contributed by atoms with Crippen LogP contribution >= 0.6 is 0 Å². The van der Waals surface area contributed by atoms with Crippen molar-refractivity contribution in [3.63, 3.8) is 0 Å². The second kappa shape index (κ2) is 4.36. The summed E-state index contributed by atoms with van der Waals surface area (Å²) < 4.78 is 0. The van der Waals surface area contributed by atoms with Crippen LogP contribution in [0.4, 0.5) is 0 Å². The van der Waals surface area contributed by atoms with Gasteiger partial charge in [-0.05, 0) is 56.9 Å². The third-order valence-electron chi connectivity index (χ3n) is 4.57. The molecule has 3 nitrogen and oxygen atoms in total. The summed E-state index contributed by atoms with van der Waals surface area (Å²) >= 11 is 0. The summed E-state index contributed by atoms with van der Waals surface area (Å²) in [6.07, 6.45) is 7.41. The minimum atomic E-state index is 0.324. The normalized spacial score (nSPS) is 40.8. The van der Waals surface area contributed by atoms with E-state index in [4.69, 9.17) is 0 Å². The second-order valence-electron chi connectivity index (χ2n) is 5.80. The van der Waals surface area contributed by atoms with Gasteiger partial charge in [0.1, 0.15) is 0 Å². The SMILES string of the molecule is O=C(NCC[C@@H]1CCCN1)C1CC2CC2C1. The van der Waals surface area contributed by atoms with E-state index in [9.17, 15) is 4.79 Å². The first-order valence-corrected chi connectivity index (χ1v) is 6.84. The van der Waals surface area contributed by atoms with Crippen LogP contribution in [0.1, 0.15) is 38.5 Å². The molecule has 3 aliphatic rings. The molecule has 3 rings (SSSR count). The number of fused-ring (bicyclic) bond motifs is 1. The van der Waals surface area contributed by atoms with Gasteiger partial charge < -0.3 is 10.6 Å². The fourth-order valence-electron chi connectivity index (χ4n) is 3.45. The lowest BCUT2D eigenvalue weighted by molar-refractivity contribution is -0.125. The van der Waals surface area contributed by atoms with Crippen molar-refractivity contribution < 1.29 is 4.79 Å². The largest absolute Gasteiger partial charge is 0.356 e. The lowest BCUT2D eigenvalue weighted by Gasteiger charge is -2.14. The summed E-state index contributed by atoms with van der Waals surface area (Å²) in [5.41, 5.74) is 0. The van der Waals surface area contributed by atoms with Crippen molar-refractivity contribution in [3.05, 3.63) is 0 Å². The number of hydrogen-bond acceptors (Lipinski definition) is 2. The maximum Gasteiger partial charge on any atom is 0.223 e. The predicted molar refractivity (Wildman–Crippen MR) is 63.0 cm³/mol. The zero-order chi connectivity index (χ0) is 11.0. The van der Waals surface area contributed by atoms with E-state index in [-0.39, 0.29) is 0 Å². The van der Waals surface area contributed by atoms with Gasteiger partial charge in [-0.2, -0.15) is 0 Å². The van der Waals surface area contributed by atoms with Crippen LogP contribution < -0.4 is 10.6 Å². The topological polar surface area (TPSA) is 41.1 Å². The molecule has 2 unspecified atom stereocenters. The Bertz CT molecular complexity index is 263. The van der Waals surface area contributed by atoms with E-state index in [1.807, 2.05) is 0 Å². The van der Waals surface area contributed by atoms with Crippen molar-refractivity contribution in [2.75, 3.05) is 13.1 Å². The molecule has 1 saturated heterocycles. The van der Waals surface area contributed by atoms with Crippen molar-refractivity contribution in [1.29, 1.82) is 0 Å². The zero-order valence-electron chi connectivity index (χ0n) is 9.87. The van der Waals surface area contributed by atoms with Crippen molar-refractivity contribution >= 4 is 5.91 Å². The molecule has 3 heteroatoms. The summed E-state index contributed by atoms with van der Waals surface area (Å²) in [7, 11) is 0. The Hall–Kier alpha value is -0.570. The van der Waals surface area contributed by atoms with Crippen LogP contribution in [-0.4, -0.2) is 25.0 Å². The standard InChI is InChI=1S/C13H22N2O/c16-13(11-7-9-6-10(9)8-11)15-5-3-12-2-1-4-14-12/h9-12,14H,1-8H2,(H,15,16)/t9?,10?,11?,12-/m0/s1. The van der Waals surface area contributed by atoms with Gasteiger partial charge in [0, 0.05) is 18.5 Å². The van der Waals surface area contributed by atoms with Gasteiger partial charge in [-0.1, -0.05) is 0 Å². The first kappa shape index (κ1) is 10.6. The average Bonchev–Trinajstić information content (AvgIpc) is 2.72. The Labute approximate surface area is 97.4 Å². The molecule has 0 aromatic heterocycles. The van der Waals surface area contributed by atoms with E-state index >= 15 is 0 Å². The van der Waals surface area contributed by atoms with E-state index in [1.54, 1.807) is 0 Å². The molecular weight excluding hydrogens is 200 g/mol. The fraction of sp³-hybridized carbons (Fsp3) is 0.923. The van der Waals surface area contributed by atoms with Gasteiger partial charge in [-0.25, -0.2) is 0 Å². The lowest BCUT2D eigenvalue weighted by Crippen LogP contribution is -2.34. The van der Waals surface area contributed by atoms with Gasteiger partial charge in [-0.3, -0.25) is 4.79 Å².